The van der Waals surface area contributed by atoms with E-state index in [2.05, 4.69) is 194 Å². The monoisotopic (exact) mass is 700 g/mol. The molecule has 8 aromatic carbocycles. The average Bonchev–Trinajstić information content (AvgIpc) is 3.77. The molecule has 0 amide bonds. The van der Waals surface area contributed by atoms with Crippen molar-refractivity contribution in [1.29, 1.82) is 0 Å². The standard InChI is InChI=1S/C48H32S2Si/c1-3-15-35(16-4-1)51(36-17-5-2-6-18-36,47-25-13-9-19-37(47)33-27-29-45-41(31-33)39-21-7-11-23-43(39)49-45)48-26-14-10-20-38(48)34-28-30-46-42(32-34)40-22-8-12-24-44(40)50-46/h1-32H. The van der Waals surface area contributed by atoms with Gasteiger partial charge in [0.25, 0.3) is 0 Å². The van der Waals surface area contributed by atoms with Gasteiger partial charge in [0.2, 0.25) is 0 Å². The maximum Gasteiger partial charge on any atom is 0.180 e. The number of benzene rings is 8. The van der Waals surface area contributed by atoms with Crippen LogP contribution in [-0.4, -0.2) is 8.07 Å². The maximum absolute atomic E-state index is 2.96. The lowest BCUT2D eigenvalue weighted by molar-refractivity contribution is 1.63. The van der Waals surface area contributed by atoms with Gasteiger partial charge in [-0.2, -0.15) is 0 Å². The van der Waals surface area contributed by atoms with Gasteiger partial charge in [0.1, 0.15) is 0 Å². The van der Waals surface area contributed by atoms with Crippen molar-refractivity contribution in [2.45, 2.75) is 0 Å². The number of rotatable bonds is 6. The van der Waals surface area contributed by atoms with Gasteiger partial charge in [-0.15, -0.1) is 22.7 Å². The molecule has 2 aromatic heterocycles. The summed E-state index contributed by atoms with van der Waals surface area (Å²) in [5.41, 5.74) is 5.11. The van der Waals surface area contributed by atoms with Gasteiger partial charge < -0.3 is 0 Å². The Kier molecular flexibility index (Phi) is 7.31. The molecule has 0 saturated carbocycles. The minimum absolute atomic E-state index is 1.26. The summed E-state index contributed by atoms with van der Waals surface area (Å²) in [6.45, 7) is 0. The SMILES string of the molecule is c1ccc([Si](c2ccccc2)(c2ccccc2-c2ccc3sc4ccccc4c3c2)c2ccccc2-c2ccc3sc4ccccc4c3c2)cc1. The van der Waals surface area contributed by atoms with Crippen molar-refractivity contribution in [2.24, 2.45) is 0 Å². The van der Waals surface area contributed by atoms with Crippen LogP contribution in [0.25, 0.3) is 62.6 Å². The van der Waals surface area contributed by atoms with Crippen molar-refractivity contribution in [3.05, 3.63) is 194 Å². The van der Waals surface area contributed by atoms with E-state index in [1.165, 1.54) is 83.3 Å². The number of hydrogen-bond donors (Lipinski definition) is 0. The molecule has 0 aliphatic rings. The van der Waals surface area contributed by atoms with Crippen LogP contribution in [0, 0.1) is 0 Å². The fraction of sp³-hybridized carbons (Fsp3) is 0. The highest BCUT2D eigenvalue weighted by molar-refractivity contribution is 7.26. The lowest BCUT2D eigenvalue weighted by Gasteiger charge is -2.37. The summed E-state index contributed by atoms with van der Waals surface area (Å²) in [5, 5.41) is 10.9. The van der Waals surface area contributed by atoms with Crippen molar-refractivity contribution in [3.8, 4) is 22.3 Å². The molecule has 2 heterocycles. The Balaban J connectivity index is 1.30. The fourth-order valence-corrected chi connectivity index (χ4v) is 15.6. The Morgan fingerprint density at radius 2 is 0.667 bits per heavy atom. The average molecular weight is 701 g/mol. The van der Waals surface area contributed by atoms with E-state index < -0.39 is 8.07 Å². The van der Waals surface area contributed by atoms with Crippen LogP contribution in [0.15, 0.2) is 194 Å². The van der Waals surface area contributed by atoms with Gasteiger partial charge in [0.15, 0.2) is 8.07 Å². The second kappa shape index (κ2) is 12.3. The molecule has 51 heavy (non-hydrogen) atoms. The highest BCUT2D eigenvalue weighted by Gasteiger charge is 2.44. The zero-order valence-electron chi connectivity index (χ0n) is 27.8. The molecule has 3 heteroatoms. The number of fused-ring (bicyclic) bond motifs is 6. The molecule has 0 N–H and O–H groups in total. The van der Waals surface area contributed by atoms with E-state index >= 15 is 0 Å². The van der Waals surface area contributed by atoms with Crippen LogP contribution in [-0.2, 0) is 0 Å². The van der Waals surface area contributed by atoms with E-state index in [1.807, 2.05) is 22.7 Å². The van der Waals surface area contributed by atoms with Crippen molar-refractivity contribution in [3.63, 3.8) is 0 Å². The first-order valence-electron chi connectivity index (χ1n) is 17.4. The van der Waals surface area contributed by atoms with E-state index in [0.29, 0.717) is 0 Å². The Bertz CT molecular complexity index is 2670. The lowest BCUT2D eigenvalue weighted by Crippen LogP contribution is -2.75. The smallest absolute Gasteiger partial charge is 0.135 e. The predicted octanol–water partition coefficient (Wildman–Crippen LogP) is 11.1. The molecule has 0 nitrogen and oxygen atoms in total. The van der Waals surface area contributed by atoms with Crippen LogP contribution >= 0.6 is 22.7 Å². The lowest BCUT2D eigenvalue weighted by atomic mass is 10.0. The summed E-state index contributed by atoms with van der Waals surface area (Å²) >= 11 is 3.75. The molecular formula is C48H32S2Si. The maximum atomic E-state index is 2.43. The van der Waals surface area contributed by atoms with Gasteiger partial charge in [-0.25, -0.2) is 0 Å². The first-order valence-corrected chi connectivity index (χ1v) is 21.1. The van der Waals surface area contributed by atoms with Crippen molar-refractivity contribution in [1.82, 2.24) is 0 Å². The molecule has 10 rings (SSSR count). The molecule has 0 radical (unpaired) electrons. The zero-order valence-corrected chi connectivity index (χ0v) is 30.4. The Labute approximate surface area is 306 Å². The van der Waals surface area contributed by atoms with Crippen LogP contribution in [0.3, 0.4) is 0 Å². The van der Waals surface area contributed by atoms with Gasteiger partial charge in [0, 0.05) is 40.3 Å². The summed E-state index contributed by atoms with van der Waals surface area (Å²) in [4.78, 5) is 0. The van der Waals surface area contributed by atoms with E-state index in [9.17, 15) is 0 Å². The molecular weight excluding hydrogens is 669 g/mol. The van der Waals surface area contributed by atoms with Crippen molar-refractivity contribution >= 4 is 91.8 Å². The summed E-state index contributed by atoms with van der Waals surface area (Å²) in [7, 11) is -2.96. The summed E-state index contributed by atoms with van der Waals surface area (Å²) in [6, 6.07) is 73.0. The Hall–Kier alpha value is -5.58. The largest absolute Gasteiger partial charge is 0.180 e. The topological polar surface area (TPSA) is 0 Å². The summed E-state index contributed by atoms with van der Waals surface area (Å²) < 4.78 is 5.32. The fourth-order valence-electron chi connectivity index (χ4n) is 8.22. The third-order valence-electron chi connectivity index (χ3n) is 10.5. The van der Waals surface area contributed by atoms with E-state index in [-0.39, 0.29) is 0 Å². The highest BCUT2D eigenvalue weighted by Crippen LogP contribution is 2.38. The normalized spacial score (nSPS) is 11.9. The molecule has 0 bridgehead atoms. The molecule has 0 saturated heterocycles. The minimum atomic E-state index is -2.96. The van der Waals surface area contributed by atoms with Crippen LogP contribution in [0.2, 0.25) is 0 Å². The van der Waals surface area contributed by atoms with Crippen LogP contribution in [0.1, 0.15) is 0 Å². The van der Waals surface area contributed by atoms with E-state index in [1.54, 1.807) is 0 Å². The zero-order chi connectivity index (χ0) is 33.8. The van der Waals surface area contributed by atoms with Gasteiger partial charge >= 0.3 is 0 Å². The van der Waals surface area contributed by atoms with Crippen molar-refractivity contribution < 1.29 is 0 Å². The Morgan fingerprint density at radius 3 is 1.14 bits per heavy atom. The molecule has 10 aromatic rings. The van der Waals surface area contributed by atoms with Gasteiger partial charge in [-0.3, -0.25) is 0 Å². The van der Waals surface area contributed by atoms with Gasteiger partial charge in [-0.05, 0) is 79.4 Å². The molecule has 0 spiro atoms. The second-order valence-electron chi connectivity index (χ2n) is 13.2. The number of hydrogen-bond acceptors (Lipinski definition) is 2. The Morgan fingerprint density at radius 1 is 0.294 bits per heavy atom. The van der Waals surface area contributed by atoms with E-state index in [4.69, 9.17) is 0 Å². The van der Waals surface area contributed by atoms with Gasteiger partial charge in [0.05, 0.1) is 0 Å². The molecule has 0 unspecified atom stereocenters. The third-order valence-corrected chi connectivity index (χ3v) is 17.6. The molecule has 0 fully saturated rings. The summed E-state index contributed by atoms with van der Waals surface area (Å²) in [5.74, 6) is 0. The first-order chi connectivity index (χ1) is 25.3. The van der Waals surface area contributed by atoms with Crippen LogP contribution in [0.5, 0.6) is 0 Å². The van der Waals surface area contributed by atoms with Crippen LogP contribution in [0.4, 0.5) is 0 Å². The quantitative estimate of drug-likeness (QED) is 0.120. The molecule has 240 valence electrons. The molecule has 0 aliphatic carbocycles. The van der Waals surface area contributed by atoms with Gasteiger partial charge in [-0.1, -0.05) is 158 Å². The summed E-state index contributed by atoms with van der Waals surface area (Å²) in [6.07, 6.45) is 0. The highest BCUT2D eigenvalue weighted by atomic mass is 32.1. The minimum Gasteiger partial charge on any atom is -0.135 e. The first kappa shape index (κ1) is 30.3. The second-order valence-corrected chi connectivity index (χ2v) is 19.1. The number of thiophene rings is 2. The third kappa shape index (κ3) is 4.85. The van der Waals surface area contributed by atoms with Crippen LogP contribution < -0.4 is 20.7 Å². The molecule has 0 aliphatic heterocycles. The predicted molar refractivity (Wildman–Crippen MR) is 227 cm³/mol. The van der Waals surface area contributed by atoms with Crippen molar-refractivity contribution in [2.75, 3.05) is 0 Å². The van der Waals surface area contributed by atoms with E-state index in [0.717, 1.165) is 0 Å². The molecule has 0 atom stereocenters.